The number of anilines is 1. The number of rotatable bonds is 2. The summed E-state index contributed by atoms with van der Waals surface area (Å²) in [5, 5.41) is 4.63. The van der Waals surface area contributed by atoms with Gasteiger partial charge in [0.05, 0.1) is 28.8 Å². The highest BCUT2D eigenvalue weighted by atomic mass is 19.1. The Morgan fingerprint density at radius 1 is 1.03 bits per heavy atom. The van der Waals surface area contributed by atoms with Gasteiger partial charge < -0.3 is 14.2 Å². The van der Waals surface area contributed by atoms with Gasteiger partial charge in [0.15, 0.2) is 11.4 Å². The van der Waals surface area contributed by atoms with Gasteiger partial charge in [-0.2, -0.15) is 10.1 Å². The van der Waals surface area contributed by atoms with Crippen LogP contribution in [0.5, 0.6) is 0 Å². The number of fused-ring (bicyclic) bond motifs is 2. The molecule has 2 aliphatic heterocycles. The molecule has 5 heterocycles. The molecule has 2 aliphatic rings. The molecule has 0 saturated carbocycles. The van der Waals surface area contributed by atoms with Gasteiger partial charge in [0.2, 0.25) is 0 Å². The van der Waals surface area contributed by atoms with Crippen LogP contribution < -0.4 is 4.90 Å². The molecule has 2 fully saturated rings. The lowest BCUT2D eigenvalue weighted by Crippen LogP contribution is -2.39. The normalized spacial score (nSPS) is 19.1. The van der Waals surface area contributed by atoms with Gasteiger partial charge >= 0.3 is 0 Å². The van der Waals surface area contributed by atoms with Gasteiger partial charge in [0.1, 0.15) is 5.52 Å². The first-order valence-electron chi connectivity index (χ1n) is 11.3. The van der Waals surface area contributed by atoms with E-state index in [1.165, 1.54) is 18.9 Å². The minimum Gasteiger partial charge on any atom is -0.423 e. The van der Waals surface area contributed by atoms with E-state index in [0.29, 0.717) is 28.3 Å². The molecule has 0 aliphatic carbocycles. The number of nitrogens with zero attached hydrogens (tertiary/aromatic N) is 6. The number of oxazole rings is 1. The summed E-state index contributed by atoms with van der Waals surface area (Å²) in [4.78, 5) is 13.6. The molecule has 8 heteroatoms. The SMILES string of the molecule is Cc1cn2nc(-c3cc(F)c4nc(N5CCC6(CCN(C)CC6)C5)oc4c3)cc2c(C)n1. The van der Waals surface area contributed by atoms with E-state index in [0.717, 1.165) is 49.5 Å². The van der Waals surface area contributed by atoms with Gasteiger partial charge in [-0.1, -0.05) is 0 Å². The van der Waals surface area contributed by atoms with Gasteiger partial charge in [-0.25, -0.2) is 8.91 Å². The molecule has 3 aromatic heterocycles. The summed E-state index contributed by atoms with van der Waals surface area (Å²) in [6.45, 7) is 7.99. The summed E-state index contributed by atoms with van der Waals surface area (Å²) in [7, 11) is 2.18. The second-order valence-corrected chi connectivity index (χ2v) is 9.60. The molecule has 0 N–H and O–H groups in total. The maximum atomic E-state index is 15.0. The van der Waals surface area contributed by atoms with Gasteiger partial charge in [0.25, 0.3) is 6.01 Å². The quantitative estimate of drug-likeness (QED) is 0.471. The van der Waals surface area contributed by atoms with Crippen LogP contribution in [0.15, 0.2) is 28.8 Å². The number of hydrogen-bond acceptors (Lipinski definition) is 6. The molecule has 0 amide bonds. The molecular formula is C24H27FN6O. The fourth-order valence-corrected chi connectivity index (χ4v) is 5.29. The molecule has 0 atom stereocenters. The summed E-state index contributed by atoms with van der Waals surface area (Å²) in [6, 6.07) is 5.80. The van der Waals surface area contributed by atoms with Crippen molar-refractivity contribution in [3.63, 3.8) is 0 Å². The van der Waals surface area contributed by atoms with E-state index in [1.807, 2.05) is 32.2 Å². The molecule has 1 spiro atoms. The zero-order valence-corrected chi connectivity index (χ0v) is 18.7. The van der Waals surface area contributed by atoms with Crippen LogP contribution in [-0.2, 0) is 0 Å². The van der Waals surface area contributed by atoms with E-state index in [-0.39, 0.29) is 11.3 Å². The Balaban J connectivity index is 1.33. The zero-order valence-electron chi connectivity index (χ0n) is 18.7. The Bertz CT molecular complexity index is 1330. The van der Waals surface area contributed by atoms with Crippen molar-refractivity contribution in [2.75, 3.05) is 38.1 Å². The third kappa shape index (κ3) is 3.16. The Hall–Kier alpha value is -3.00. The van der Waals surface area contributed by atoms with Crippen LogP contribution in [0.4, 0.5) is 10.4 Å². The monoisotopic (exact) mass is 434 g/mol. The smallest absolute Gasteiger partial charge is 0.298 e. The molecule has 0 unspecified atom stereocenters. The highest BCUT2D eigenvalue weighted by Crippen LogP contribution is 2.42. The largest absolute Gasteiger partial charge is 0.423 e. The molecule has 166 valence electrons. The maximum Gasteiger partial charge on any atom is 0.298 e. The van der Waals surface area contributed by atoms with E-state index in [2.05, 4.69) is 31.9 Å². The molecule has 32 heavy (non-hydrogen) atoms. The van der Waals surface area contributed by atoms with Crippen molar-refractivity contribution in [2.24, 2.45) is 5.41 Å². The maximum absolute atomic E-state index is 15.0. The first-order chi connectivity index (χ1) is 15.4. The number of piperidine rings is 1. The van der Waals surface area contributed by atoms with E-state index in [9.17, 15) is 0 Å². The fourth-order valence-electron chi connectivity index (χ4n) is 5.29. The highest BCUT2D eigenvalue weighted by molar-refractivity contribution is 5.82. The lowest BCUT2D eigenvalue weighted by Gasteiger charge is -2.37. The third-order valence-electron chi connectivity index (χ3n) is 7.25. The van der Waals surface area contributed by atoms with Crippen molar-refractivity contribution in [3.05, 3.63) is 41.6 Å². The van der Waals surface area contributed by atoms with Crippen molar-refractivity contribution in [1.29, 1.82) is 0 Å². The Morgan fingerprint density at radius 2 is 1.81 bits per heavy atom. The van der Waals surface area contributed by atoms with Crippen LogP contribution in [0.3, 0.4) is 0 Å². The van der Waals surface area contributed by atoms with Gasteiger partial charge in [0, 0.05) is 18.7 Å². The first-order valence-corrected chi connectivity index (χ1v) is 11.3. The Labute approximate surface area is 185 Å². The Kier molecular flexibility index (Phi) is 4.30. The molecule has 2 saturated heterocycles. The second-order valence-electron chi connectivity index (χ2n) is 9.60. The summed E-state index contributed by atoms with van der Waals surface area (Å²) in [5.41, 5.74) is 5.12. The average molecular weight is 435 g/mol. The topological polar surface area (TPSA) is 62.7 Å². The summed E-state index contributed by atoms with van der Waals surface area (Å²) in [5.74, 6) is -0.385. The van der Waals surface area contributed by atoms with Crippen molar-refractivity contribution in [1.82, 2.24) is 24.5 Å². The molecule has 0 bridgehead atoms. The number of likely N-dealkylation sites (tertiary alicyclic amines) is 1. The molecule has 4 aromatic rings. The van der Waals surface area contributed by atoms with Crippen molar-refractivity contribution < 1.29 is 8.81 Å². The van der Waals surface area contributed by atoms with Crippen LogP contribution in [-0.4, -0.2) is 57.7 Å². The lowest BCUT2D eigenvalue weighted by atomic mass is 9.78. The Morgan fingerprint density at radius 3 is 2.62 bits per heavy atom. The van der Waals surface area contributed by atoms with E-state index < -0.39 is 0 Å². The number of hydrogen-bond donors (Lipinski definition) is 0. The van der Waals surface area contributed by atoms with Crippen LogP contribution in [0.25, 0.3) is 27.9 Å². The van der Waals surface area contributed by atoms with E-state index >= 15 is 4.39 Å². The highest BCUT2D eigenvalue weighted by Gasteiger charge is 2.41. The molecule has 1 aromatic carbocycles. The fraction of sp³-hybridized carbons (Fsp3) is 0.458. The van der Waals surface area contributed by atoms with Gasteiger partial charge in [-0.15, -0.1) is 0 Å². The summed E-state index contributed by atoms with van der Waals surface area (Å²) < 4.78 is 22.9. The number of aryl methyl sites for hydroxylation is 2. The van der Waals surface area contributed by atoms with Crippen LogP contribution in [0, 0.1) is 25.1 Å². The third-order valence-corrected chi connectivity index (χ3v) is 7.25. The van der Waals surface area contributed by atoms with E-state index in [1.54, 1.807) is 4.52 Å². The minimum atomic E-state index is -0.385. The summed E-state index contributed by atoms with van der Waals surface area (Å²) in [6.07, 6.45) is 5.40. The second kappa shape index (κ2) is 7.00. The minimum absolute atomic E-state index is 0.283. The average Bonchev–Trinajstić information content (AvgIpc) is 3.47. The molecule has 6 rings (SSSR count). The lowest BCUT2D eigenvalue weighted by molar-refractivity contribution is 0.141. The van der Waals surface area contributed by atoms with Crippen LogP contribution in [0.1, 0.15) is 30.7 Å². The van der Waals surface area contributed by atoms with Crippen LogP contribution in [0.2, 0.25) is 0 Å². The predicted molar refractivity (Wildman–Crippen MR) is 121 cm³/mol. The van der Waals surface area contributed by atoms with Gasteiger partial charge in [-0.3, -0.25) is 4.98 Å². The molecular weight excluding hydrogens is 407 g/mol. The zero-order chi connectivity index (χ0) is 22.0. The van der Waals surface area contributed by atoms with E-state index in [4.69, 9.17) is 4.42 Å². The predicted octanol–water partition coefficient (Wildman–Crippen LogP) is 4.22. The molecule has 7 nitrogen and oxygen atoms in total. The number of halogens is 1. The van der Waals surface area contributed by atoms with Crippen molar-refractivity contribution in [2.45, 2.75) is 33.1 Å². The molecule has 0 radical (unpaired) electrons. The first kappa shape index (κ1) is 19.7. The van der Waals surface area contributed by atoms with Crippen molar-refractivity contribution in [3.8, 4) is 11.3 Å². The summed E-state index contributed by atoms with van der Waals surface area (Å²) >= 11 is 0. The van der Waals surface area contributed by atoms with Crippen LogP contribution >= 0.6 is 0 Å². The number of aromatic nitrogens is 4. The standard InChI is InChI=1S/C24H27FN6O/c1-15-13-31-20(16(2)26-15)12-19(28-31)17-10-18(25)22-21(11-17)32-23(27-22)30-9-6-24(14-30)4-7-29(3)8-5-24/h10-13H,4-9,14H2,1-3H3. The number of benzene rings is 1. The van der Waals surface area contributed by atoms with Crippen molar-refractivity contribution >= 4 is 22.6 Å². The van der Waals surface area contributed by atoms with Gasteiger partial charge in [-0.05, 0) is 76.9 Å².